The third kappa shape index (κ3) is 7.70. The van der Waals surface area contributed by atoms with Crippen LogP contribution < -0.4 is 10.9 Å². The first-order valence-electron chi connectivity index (χ1n) is 13.6. The normalized spacial score (nSPS) is 14.7. The molecule has 1 aliphatic heterocycles. The average molecular weight is 637 g/mol. The Morgan fingerprint density at radius 3 is 2.53 bits per heavy atom. The molecule has 1 aliphatic rings. The number of H-pyrrole nitrogens is 1. The molecule has 228 valence electrons. The molecule has 0 bridgehead atoms. The number of hydrogen-bond acceptors (Lipinski definition) is 6. The number of phenols is 1. The monoisotopic (exact) mass is 636 g/mol. The quantitative estimate of drug-likeness (QED) is 0.260. The lowest BCUT2D eigenvalue weighted by Gasteiger charge is -2.34. The summed E-state index contributed by atoms with van der Waals surface area (Å²) < 4.78 is 45.7. The summed E-state index contributed by atoms with van der Waals surface area (Å²) in [7, 11) is 0. The van der Waals surface area contributed by atoms with Crippen molar-refractivity contribution in [1.29, 1.82) is 5.26 Å². The molecule has 1 saturated heterocycles. The second-order valence-corrected chi connectivity index (χ2v) is 11.0. The van der Waals surface area contributed by atoms with E-state index in [9.17, 15) is 33.1 Å². The summed E-state index contributed by atoms with van der Waals surface area (Å²) in [6.45, 7) is 4.68. The molecule has 3 N–H and O–H groups in total. The zero-order valence-corrected chi connectivity index (χ0v) is 24.7. The third-order valence-electron chi connectivity index (χ3n) is 7.25. The van der Waals surface area contributed by atoms with Gasteiger partial charge in [-0.2, -0.15) is 18.4 Å². The molecule has 43 heavy (non-hydrogen) atoms. The highest BCUT2D eigenvalue weighted by Gasteiger charge is 2.31. The Morgan fingerprint density at radius 1 is 1.16 bits per heavy atom. The molecule has 1 fully saturated rings. The van der Waals surface area contributed by atoms with Crippen molar-refractivity contribution in [2.75, 3.05) is 26.3 Å². The van der Waals surface area contributed by atoms with Gasteiger partial charge in [0.2, 0.25) is 5.91 Å². The number of halogens is 5. The van der Waals surface area contributed by atoms with Crippen LogP contribution in [0.25, 0.3) is 22.4 Å². The SMILES string of the molecule is CCCC(CC(=O)NCc1cc(Cl)cc(-c2cc(-c3cc(C(F)(F)F)ccc3Cl)c(C#N)c(=O)[nH]2)c1O)N1CCOCC1. The van der Waals surface area contributed by atoms with E-state index in [1.54, 1.807) is 6.07 Å². The molecule has 1 unspecified atom stereocenters. The number of alkyl halides is 3. The number of pyridine rings is 1. The Morgan fingerprint density at radius 2 is 1.88 bits per heavy atom. The van der Waals surface area contributed by atoms with Crippen LogP contribution in [-0.2, 0) is 22.3 Å². The summed E-state index contributed by atoms with van der Waals surface area (Å²) >= 11 is 12.5. The largest absolute Gasteiger partial charge is 0.507 e. The summed E-state index contributed by atoms with van der Waals surface area (Å²) in [5.41, 5.74) is -2.44. The molecule has 0 aliphatic carbocycles. The molecule has 13 heteroatoms. The Balaban J connectivity index is 1.65. The van der Waals surface area contributed by atoms with Crippen molar-refractivity contribution >= 4 is 29.1 Å². The van der Waals surface area contributed by atoms with Gasteiger partial charge >= 0.3 is 6.18 Å². The van der Waals surface area contributed by atoms with E-state index in [0.29, 0.717) is 13.2 Å². The number of benzene rings is 2. The standard InChI is InChI=1S/C30H29Cl2F3N4O4/c1-2-3-20(39-6-8-43-9-7-39)13-27(40)37-16-17-10-19(31)12-23(28(17)41)26-14-21(24(15-36)29(42)38-26)22-11-18(30(33,34)35)4-5-25(22)32/h4-5,10-12,14,20,41H,2-3,6-9,13,16H2,1H3,(H,37,40)(H,38,42). The van der Waals surface area contributed by atoms with Gasteiger partial charge in [0.15, 0.2) is 0 Å². The number of carbonyl (C=O) groups excluding carboxylic acids is 1. The number of rotatable bonds is 9. The highest BCUT2D eigenvalue weighted by Crippen LogP contribution is 2.39. The highest BCUT2D eigenvalue weighted by atomic mass is 35.5. The van der Waals surface area contributed by atoms with E-state index in [2.05, 4.69) is 22.1 Å². The predicted octanol–water partition coefficient (Wildman–Crippen LogP) is 6.12. The van der Waals surface area contributed by atoms with Gasteiger partial charge in [-0.1, -0.05) is 36.5 Å². The molecule has 1 atom stereocenters. The Kier molecular flexibility index (Phi) is 10.4. The van der Waals surface area contributed by atoms with Gasteiger partial charge in [0.25, 0.3) is 5.56 Å². The number of hydrogen-bond donors (Lipinski definition) is 3. The van der Waals surface area contributed by atoms with E-state index in [4.69, 9.17) is 27.9 Å². The summed E-state index contributed by atoms with van der Waals surface area (Å²) in [6, 6.07) is 8.40. The Hall–Kier alpha value is -3.56. The molecule has 3 aromatic rings. The lowest BCUT2D eigenvalue weighted by atomic mass is 9.96. The van der Waals surface area contributed by atoms with Crippen LogP contribution >= 0.6 is 23.2 Å². The van der Waals surface area contributed by atoms with Gasteiger partial charge in [-0.15, -0.1) is 0 Å². The molecule has 0 spiro atoms. The number of aromatic hydroxyl groups is 1. The fourth-order valence-corrected chi connectivity index (χ4v) is 5.56. The lowest BCUT2D eigenvalue weighted by molar-refractivity contribution is -0.137. The maximum Gasteiger partial charge on any atom is 0.416 e. The highest BCUT2D eigenvalue weighted by molar-refractivity contribution is 6.33. The second-order valence-electron chi connectivity index (χ2n) is 10.1. The smallest absolute Gasteiger partial charge is 0.416 e. The molecular weight excluding hydrogens is 608 g/mol. The van der Waals surface area contributed by atoms with Crippen molar-refractivity contribution in [2.45, 2.75) is 44.9 Å². The predicted molar refractivity (Wildman–Crippen MR) is 157 cm³/mol. The zero-order chi connectivity index (χ0) is 31.3. The van der Waals surface area contributed by atoms with Crippen LogP contribution in [0.4, 0.5) is 13.2 Å². The first-order chi connectivity index (χ1) is 20.4. The van der Waals surface area contributed by atoms with Crippen LogP contribution in [0.3, 0.4) is 0 Å². The van der Waals surface area contributed by atoms with E-state index in [-0.39, 0.29) is 68.7 Å². The number of amides is 1. The number of aromatic nitrogens is 1. The molecule has 4 rings (SSSR count). The van der Waals surface area contributed by atoms with Crippen LogP contribution in [0.5, 0.6) is 5.75 Å². The van der Waals surface area contributed by atoms with Crippen molar-refractivity contribution < 1.29 is 27.8 Å². The second kappa shape index (κ2) is 13.8. The molecule has 2 heterocycles. The first kappa shape index (κ1) is 32.4. The molecular formula is C30H29Cl2F3N4O4. The Bertz CT molecular complexity index is 1600. The minimum Gasteiger partial charge on any atom is -0.507 e. The average Bonchev–Trinajstić information content (AvgIpc) is 2.97. The van der Waals surface area contributed by atoms with Gasteiger partial charge in [-0.25, -0.2) is 0 Å². The maximum atomic E-state index is 13.4. The van der Waals surface area contributed by atoms with Crippen molar-refractivity contribution in [3.8, 4) is 34.2 Å². The van der Waals surface area contributed by atoms with Crippen LogP contribution in [0.2, 0.25) is 10.0 Å². The van der Waals surface area contributed by atoms with E-state index in [1.165, 1.54) is 18.2 Å². The number of carbonyl (C=O) groups is 1. The first-order valence-corrected chi connectivity index (χ1v) is 14.3. The van der Waals surface area contributed by atoms with E-state index in [1.807, 2.05) is 0 Å². The lowest BCUT2D eigenvalue weighted by Crippen LogP contribution is -2.45. The zero-order valence-electron chi connectivity index (χ0n) is 23.2. The number of nitrogens with one attached hydrogen (secondary N) is 2. The molecule has 8 nitrogen and oxygen atoms in total. The van der Waals surface area contributed by atoms with Gasteiger partial charge in [-0.05, 0) is 42.8 Å². The summed E-state index contributed by atoms with van der Waals surface area (Å²) in [4.78, 5) is 30.5. The molecule has 0 saturated carbocycles. The summed E-state index contributed by atoms with van der Waals surface area (Å²) in [5.74, 6) is -0.538. The van der Waals surface area contributed by atoms with Crippen LogP contribution in [0.15, 0.2) is 41.2 Å². The molecule has 0 radical (unpaired) electrons. The fourth-order valence-electron chi connectivity index (χ4n) is 5.10. The van der Waals surface area contributed by atoms with E-state index < -0.39 is 22.9 Å². The van der Waals surface area contributed by atoms with Gasteiger partial charge in [0.1, 0.15) is 17.4 Å². The summed E-state index contributed by atoms with van der Waals surface area (Å²) in [5, 5.41) is 23.6. The summed E-state index contributed by atoms with van der Waals surface area (Å²) in [6.07, 6.45) is -2.69. The van der Waals surface area contributed by atoms with Crippen molar-refractivity contribution in [3.63, 3.8) is 0 Å². The van der Waals surface area contributed by atoms with Crippen molar-refractivity contribution in [2.24, 2.45) is 0 Å². The fraction of sp³-hybridized carbons (Fsp3) is 0.367. The van der Waals surface area contributed by atoms with E-state index in [0.717, 1.165) is 44.1 Å². The molecule has 1 aromatic heterocycles. The number of ether oxygens (including phenoxy) is 1. The molecule has 1 amide bonds. The van der Waals surface area contributed by atoms with Crippen molar-refractivity contribution in [1.82, 2.24) is 15.2 Å². The Labute approximate surface area is 256 Å². The van der Waals surface area contributed by atoms with Gasteiger partial charge in [0, 0.05) is 64.4 Å². The van der Waals surface area contributed by atoms with Gasteiger partial charge in [-0.3, -0.25) is 14.5 Å². The number of nitrogens with zero attached hydrogens (tertiary/aromatic N) is 2. The minimum atomic E-state index is -4.69. The number of phenolic OH excluding ortho intramolecular Hbond substituents is 1. The number of morpholine rings is 1. The van der Waals surface area contributed by atoms with Crippen LogP contribution in [0, 0.1) is 11.3 Å². The van der Waals surface area contributed by atoms with Crippen LogP contribution in [-0.4, -0.2) is 53.2 Å². The third-order valence-corrected chi connectivity index (χ3v) is 7.80. The maximum absolute atomic E-state index is 13.4. The minimum absolute atomic E-state index is 0.0182. The van der Waals surface area contributed by atoms with Gasteiger partial charge < -0.3 is 20.1 Å². The number of nitriles is 1. The topological polar surface area (TPSA) is 118 Å². The number of aromatic amines is 1. The molecule has 2 aromatic carbocycles. The van der Waals surface area contributed by atoms with Crippen molar-refractivity contribution in [3.05, 3.63) is 73.5 Å². The van der Waals surface area contributed by atoms with Gasteiger partial charge in [0.05, 0.1) is 24.5 Å². The van der Waals surface area contributed by atoms with Crippen LogP contribution in [0.1, 0.15) is 42.9 Å². The van der Waals surface area contributed by atoms with E-state index >= 15 is 0 Å².